The van der Waals surface area contributed by atoms with E-state index in [9.17, 15) is 22.8 Å². The highest BCUT2D eigenvalue weighted by Crippen LogP contribution is 2.20. The van der Waals surface area contributed by atoms with Crippen LogP contribution < -0.4 is 9.62 Å². The third kappa shape index (κ3) is 6.30. The van der Waals surface area contributed by atoms with Crippen LogP contribution >= 0.6 is 0 Å². The van der Waals surface area contributed by atoms with Crippen molar-refractivity contribution in [2.24, 2.45) is 0 Å². The summed E-state index contributed by atoms with van der Waals surface area (Å²) in [5.74, 6) is -1.33. The highest BCUT2D eigenvalue weighted by molar-refractivity contribution is 7.92. The van der Waals surface area contributed by atoms with E-state index in [-0.39, 0.29) is 17.2 Å². The van der Waals surface area contributed by atoms with Crippen LogP contribution in [0.1, 0.15) is 20.7 Å². The molecule has 1 fully saturated rings. The van der Waals surface area contributed by atoms with E-state index in [2.05, 4.69) is 10.1 Å². The number of hydrogen-bond acceptors (Lipinski definition) is 7. The monoisotopic (exact) mass is 475 g/mol. The van der Waals surface area contributed by atoms with Gasteiger partial charge < -0.3 is 19.7 Å². The summed E-state index contributed by atoms with van der Waals surface area (Å²) in [4.78, 5) is 38.5. The van der Waals surface area contributed by atoms with Gasteiger partial charge in [0.15, 0.2) is 0 Å². The van der Waals surface area contributed by atoms with Crippen molar-refractivity contribution < 1.29 is 32.3 Å². The van der Waals surface area contributed by atoms with Crippen LogP contribution in [0.2, 0.25) is 0 Å². The Morgan fingerprint density at radius 2 is 1.73 bits per heavy atom. The maximum Gasteiger partial charge on any atom is 0.337 e. The first-order valence-corrected chi connectivity index (χ1v) is 12.0. The molecule has 1 saturated heterocycles. The van der Waals surface area contributed by atoms with Crippen LogP contribution in [0, 0.1) is 0 Å². The summed E-state index contributed by atoms with van der Waals surface area (Å²) in [6.07, 6.45) is 0.991. The zero-order chi connectivity index (χ0) is 24.0. The molecule has 1 N–H and O–H groups in total. The second-order valence-corrected chi connectivity index (χ2v) is 9.25. The molecule has 11 heteroatoms. The van der Waals surface area contributed by atoms with Crippen LogP contribution in [-0.2, 0) is 24.3 Å². The Kier molecular flexibility index (Phi) is 7.67. The van der Waals surface area contributed by atoms with E-state index in [1.165, 1.54) is 43.5 Å². The molecular formula is C22H25N3O7S. The van der Waals surface area contributed by atoms with Crippen LogP contribution in [0.4, 0.5) is 11.4 Å². The molecule has 2 aromatic rings. The van der Waals surface area contributed by atoms with Crippen LogP contribution in [0.3, 0.4) is 0 Å². The number of nitrogens with one attached hydrogen (secondary N) is 1. The first-order valence-electron chi connectivity index (χ1n) is 10.1. The number of hydrogen-bond donors (Lipinski definition) is 1. The minimum Gasteiger partial charge on any atom is -0.465 e. The Labute approximate surface area is 192 Å². The molecular weight excluding hydrogens is 450 g/mol. The Morgan fingerprint density at radius 1 is 1.06 bits per heavy atom. The molecule has 0 radical (unpaired) electrons. The summed E-state index contributed by atoms with van der Waals surface area (Å²) in [6, 6.07) is 12.1. The molecule has 0 bridgehead atoms. The van der Waals surface area contributed by atoms with Crippen molar-refractivity contribution in [2.45, 2.75) is 0 Å². The molecule has 176 valence electrons. The molecule has 0 atom stereocenters. The number of sulfonamides is 1. The minimum absolute atomic E-state index is 0.168. The number of esters is 1. The van der Waals surface area contributed by atoms with Crippen molar-refractivity contribution in [3.63, 3.8) is 0 Å². The Bertz CT molecular complexity index is 1130. The highest BCUT2D eigenvalue weighted by Gasteiger charge is 2.23. The second kappa shape index (κ2) is 10.5. The van der Waals surface area contributed by atoms with E-state index in [0.717, 1.165) is 10.6 Å². The summed E-state index contributed by atoms with van der Waals surface area (Å²) in [5.41, 5.74) is 1.23. The lowest BCUT2D eigenvalue weighted by Crippen LogP contribution is -2.40. The molecule has 1 aliphatic rings. The van der Waals surface area contributed by atoms with Gasteiger partial charge >= 0.3 is 5.97 Å². The zero-order valence-corrected chi connectivity index (χ0v) is 19.1. The molecule has 33 heavy (non-hydrogen) atoms. The van der Waals surface area contributed by atoms with E-state index in [4.69, 9.17) is 4.74 Å². The molecule has 2 aromatic carbocycles. The molecule has 2 amide bonds. The van der Waals surface area contributed by atoms with E-state index in [1.54, 1.807) is 17.0 Å². The summed E-state index contributed by atoms with van der Waals surface area (Å²) in [7, 11) is -2.55. The maximum absolute atomic E-state index is 12.6. The van der Waals surface area contributed by atoms with Gasteiger partial charge in [-0.25, -0.2) is 13.2 Å². The number of morpholine rings is 1. The molecule has 0 aromatic heterocycles. The first-order chi connectivity index (χ1) is 15.7. The maximum atomic E-state index is 12.6. The standard InChI is InChI=1S/C22H25N3O7S/c1-31-22(28)17-4-3-5-18(14-17)23-20(26)15-25(33(2,29)30)19-8-6-16(7-9-19)21(27)24-10-12-32-13-11-24/h3-9,14H,10-13,15H2,1-2H3,(H,23,26). The van der Waals surface area contributed by atoms with Gasteiger partial charge in [-0.05, 0) is 42.5 Å². The summed E-state index contributed by atoms with van der Waals surface area (Å²) in [6.45, 7) is 1.45. The van der Waals surface area contributed by atoms with Gasteiger partial charge in [0.05, 0.1) is 37.8 Å². The van der Waals surface area contributed by atoms with E-state index in [0.29, 0.717) is 37.6 Å². The lowest BCUT2D eigenvalue weighted by Gasteiger charge is -2.27. The molecule has 1 heterocycles. The number of nitrogens with zero attached hydrogens (tertiary/aromatic N) is 2. The van der Waals surface area contributed by atoms with E-state index in [1.807, 2.05) is 0 Å². The normalized spacial score (nSPS) is 13.8. The van der Waals surface area contributed by atoms with Gasteiger partial charge in [-0.15, -0.1) is 0 Å². The number of amides is 2. The largest absolute Gasteiger partial charge is 0.465 e. The fourth-order valence-electron chi connectivity index (χ4n) is 3.29. The number of benzene rings is 2. The lowest BCUT2D eigenvalue weighted by atomic mass is 10.1. The molecule has 0 unspecified atom stereocenters. The molecule has 3 rings (SSSR count). The number of carbonyl (C=O) groups excluding carboxylic acids is 3. The van der Waals surface area contributed by atoms with Crippen LogP contribution in [0.25, 0.3) is 0 Å². The van der Waals surface area contributed by atoms with Gasteiger partial charge in [0.1, 0.15) is 6.54 Å². The predicted molar refractivity (Wildman–Crippen MR) is 122 cm³/mol. The summed E-state index contributed by atoms with van der Waals surface area (Å²) >= 11 is 0. The fraction of sp³-hybridized carbons (Fsp3) is 0.318. The molecule has 10 nitrogen and oxygen atoms in total. The second-order valence-electron chi connectivity index (χ2n) is 7.34. The SMILES string of the molecule is COC(=O)c1cccc(NC(=O)CN(c2ccc(C(=O)N3CCOCC3)cc2)S(C)(=O)=O)c1. The number of carbonyl (C=O) groups is 3. The number of rotatable bonds is 7. The van der Waals surface area contributed by atoms with Gasteiger partial charge in [0.25, 0.3) is 5.91 Å². The third-order valence-corrected chi connectivity index (χ3v) is 6.10. The predicted octanol–water partition coefficient (Wildman–Crippen LogP) is 1.35. The van der Waals surface area contributed by atoms with Crippen molar-refractivity contribution in [3.05, 3.63) is 59.7 Å². The van der Waals surface area contributed by atoms with Crippen molar-refractivity contribution >= 4 is 39.2 Å². The van der Waals surface area contributed by atoms with Crippen molar-refractivity contribution in [1.29, 1.82) is 0 Å². The number of anilines is 2. The average Bonchev–Trinajstić information content (AvgIpc) is 2.81. The number of methoxy groups -OCH3 is 1. The van der Waals surface area contributed by atoms with Gasteiger partial charge in [-0.2, -0.15) is 0 Å². The minimum atomic E-state index is -3.80. The topological polar surface area (TPSA) is 122 Å². The van der Waals surface area contributed by atoms with Crippen molar-refractivity contribution in [1.82, 2.24) is 4.90 Å². The third-order valence-electron chi connectivity index (χ3n) is 4.96. The Balaban J connectivity index is 1.73. The Morgan fingerprint density at radius 3 is 2.33 bits per heavy atom. The zero-order valence-electron chi connectivity index (χ0n) is 18.3. The van der Waals surface area contributed by atoms with Crippen LogP contribution in [-0.4, -0.2) is 77.3 Å². The summed E-state index contributed by atoms with van der Waals surface area (Å²) < 4.78 is 35.6. The molecule has 0 aliphatic carbocycles. The van der Waals surface area contributed by atoms with Gasteiger partial charge in [0, 0.05) is 24.3 Å². The van der Waals surface area contributed by atoms with E-state index >= 15 is 0 Å². The summed E-state index contributed by atoms with van der Waals surface area (Å²) in [5, 5.41) is 2.58. The smallest absolute Gasteiger partial charge is 0.337 e. The Hall–Kier alpha value is -3.44. The van der Waals surface area contributed by atoms with Crippen LogP contribution in [0.15, 0.2) is 48.5 Å². The highest BCUT2D eigenvalue weighted by atomic mass is 32.2. The molecule has 1 aliphatic heterocycles. The van der Waals surface area contributed by atoms with Gasteiger partial charge in [0.2, 0.25) is 15.9 Å². The van der Waals surface area contributed by atoms with Crippen molar-refractivity contribution in [3.8, 4) is 0 Å². The molecule has 0 spiro atoms. The van der Waals surface area contributed by atoms with Crippen LogP contribution in [0.5, 0.6) is 0 Å². The number of ether oxygens (including phenoxy) is 2. The van der Waals surface area contributed by atoms with Gasteiger partial charge in [-0.1, -0.05) is 6.07 Å². The lowest BCUT2D eigenvalue weighted by molar-refractivity contribution is -0.114. The quantitative estimate of drug-likeness (QED) is 0.600. The van der Waals surface area contributed by atoms with Crippen molar-refractivity contribution in [2.75, 3.05) is 55.8 Å². The van der Waals surface area contributed by atoms with E-state index < -0.39 is 28.4 Å². The fourth-order valence-corrected chi connectivity index (χ4v) is 4.15. The average molecular weight is 476 g/mol. The van der Waals surface area contributed by atoms with Gasteiger partial charge in [-0.3, -0.25) is 13.9 Å². The first kappa shape index (κ1) is 24.2. The molecule has 0 saturated carbocycles.